The van der Waals surface area contributed by atoms with Crippen LogP contribution in [0.25, 0.3) is 0 Å². The standard InChI is InChI=1S/C14H23NO2/c1-9(2)3-10-4-11-6-14(8-15,7-13(16)17)12(11)5-10/h5,9,11-12H,3-4,6-8,15H2,1-2H3,(H,16,17)/t11-,12+,14+/m1/s1. The Hall–Kier alpha value is -0.830. The first-order chi connectivity index (χ1) is 7.97. The van der Waals surface area contributed by atoms with Crippen LogP contribution in [0.15, 0.2) is 11.6 Å². The first-order valence-electron chi connectivity index (χ1n) is 6.58. The Bertz CT molecular complexity index is 348. The van der Waals surface area contributed by atoms with Crippen LogP contribution in [-0.4, -0.2) is 17.6 Å². The van der Waals surface area contributed by atoms with Gasteiger partial charge in [-0.05, 0) is 49.0 Å². The molecule has 0 unspecified atom stereocenters. The number of carbonyl (C=O) groups is 1. The number of hydrogen-bond acceptors (Lipinski definition) is 2. The molecule has 3 N–H and O–H groups in total. The Morgan fingerprint density at radius 2 is 2.35 bits per heavy atom. The number of fused-ring (bicyclic) bond motifs is 1. The summed E-state index contributed by atoms with van der Waals surface area (Å²) in [7, 11) is 0. The van der Waals surface area contributed by atoms with E-state index in [-0.39, 0.29) is 11.8 Å². The zero-order chi connectivity index (χ0) is 12.6. The molecule has 0 aliphatic heterocycles. The van der Waals surface area contributed by atoms with Crippen LogP contribution in [0.1, 0.15) is 39.5 Å². The Balaban J connectivity index is 2.06. The highest BCUT2D eigenvalue weighted by atomic mass is 16.4. The van der Waals surface area contributed by atoms with Gasteiger partial charge in [0.15, 0.2) is 0 Å². The van der Waals surface area contributed by atoms with E-state index < -0.39 is 5.97 Å². The number of nitrogens with two attached hydrogens (primary N) is 1. The van der Waals surface area contributed by atoms with Crippen molar-refractivity contribution in [2.75, 3.05) is 6.54 Å². The van der Waals surface area contributed by atoms with Gasteiger partial charge in [-0.1, -0.05) is 25.5 Å². The molecule has 0 aromatic rings. The Labute approximate surface area is 103 Å². The van der Waals surface area contributed by atoms with Crippen LogP contribution in [0.4, 0.5) is 0 Å². The van der Waals surface area contributed by atoms with Crippen molar-refractivity contribution in [3.63, 3.8) is 0 Å². The van der Waals surface area contributed by atoms with Crippen molar-refractivity contribution < 1.29 is 9.90 Å². The van der Waals surface area contributed by atoms with E-state index in [2.05, 4.69) is 19.9 Å². The summed E-state index contributed by atoms with van der Waals surface area (Å²) in [6.45, 7) is 4.97. The summed E-state index contributed by atoms with van der Waals surface area (Å²) in [5, 5.41) is 9.00. The van der Waals surface area contributed by atoms with E-state index in [1.165, 1.54) is 12.0 Å². The maximum Gasteiger partial charge on any atom is 0.303 e. The minimum Gasteiger partial charge on any atom is -0.481 e. The molecule has 1 fully saturated rings. The van der Waals surface area contributed by atoms with Crippen LogP contribution in [0.2, 0.25) is 0 Å². The first kappa shape index (κ1) is 12.6. The number of carboxylic acid groups (broad SMARTS) is 1. The molecule has 2 rings (SSSR count). The molecule has 0 aromatic carbocycles. The second-order valence-corrected chi connectivity index (χ2v) is 6.25. The number of hydrogen-bond donors (Lipinski definition) is 2. The molecular weight excluding hydrogens is 214 g/mol. The van der Waals surface area contributed by atoms with Gasteiger partial charge >= 0.3 is 5.97 Å². The fraction of sp³-hybridized carbons (Fsp3) is 0.786. The van der Waals surface area contributed by atoms with E-state index in [1.807, 2.05) is 0 Å². The number of rotatable bonds is 5. The van der Waals surface area contributed by atoms with Gasteiger partial charge in [0.05, 0.1) is 6.42 Å². The molecule has 1 saturated carbocycles. The van der Waals surface area contributed by atoms with Gasteiger partial charge in [0.2, 0.25) is 0 Å². The molecule has 0 aromatic heterocycles. The Morgan fingerprint density at radius 1 is 1.65 bits per heavy atom. The van der Waals surface area contributed by atoms with Crippen molar-refractivity contribution in [3.05, 3.63) is 11.6 Å². The molecule has 0 radical (unpaired) electrons. The largest absolute Gasteiger partial charge is 0.481 e. The molecular formula is C14H23NO2. The van der Waals surface area contributed by atoms with Crippen molar-refractivity contribution in [1.29, 1.82) is 0 Å². The predicted molar refractivity (Wildman–Crippen MR) is 67.5 cm³/mol. The van der Waals surface area contributed by atoms with E-state index in [4.69, 9.17) is 10.8 Å². The summed E-state index contributed by atoms with van der Waals surface area (Å²) in [5.41, 5.74) is 7.21. The third kappa shape index (κ3) is 2.25. The Morgan fingerprint density at radius 3 is 2.88 bits per heavy atom. The van der Waals surface area contributed by atoms with Gasteiger partial charge in [0.25, 0.3) is 0 Å². The molecule has 0 spiro atoms. The van der Waals surface area contributed by atoms with Gasteiger partial charge in [-0.25, -0.2) is 0 Å². The lowest BCUT2D eigenvalue weighted by atomic mass is 9.53. The number of allylic oxidation sites excluding steroid dienone is 2. The summed E-state index contributed by atoms with van der Waals surface area (Å²) >= 11 is 0. The summed E-state index contributed by atoms with van der Waals surface area (Å²) in [6.07, 6.45) is 5.89. The van der Waals surface area contributed by atoms with Gasteiger partial charge in [-0.3, -0.25) is 4.79 Å². The number of aliphatic carboxylic acids is 1. The highest BCUT2D eigenvalue weighted by Gasteiger charge is 2.54. The van der Waals surface area contributed by atoms with Crippen molar-refractivity contribution in [1.82, 2.24) is 0 Å². The smallest absolute Gasteiger partial charge is 0.303 e. The van der Waals surface area contributed by atoms with Crippen LogP contribution in [0, 0.1) is 23.2 Å². The first-order valence-corrected chi connectivity index (χ1v) is 6.58. The molecule has 0 amide bonds. The Kier molecular flexibility index (Phi) is 3.30. The van der Waals surface area contributed by atoms with Gasteiger partial charge in [-0.2, -0.15) is 0 Å². The van der Waals surface area contributed by atoms with E-state index in [0.29, 0.717) is 24.3 Å². The van der Waals surface area contributed by atoms with Crippen LogP contribution in [-0.2, 0) is 4.79 Å². The third-order valence-electron chi connectivity index (χ3n) is 4.40. The third-order valence-corrected chi connectivity index (χ3v) is 4.40. The van der Waals surface area contributed by atoms with Crippen molar-refractivity contribution in [2.24, 2.45) is 28.9 Å². The summed E-state index contributed by atoms with van der Waals surface area (Å²) in [6, 6.07) is 0. The minimum atomic E-state index is -0.709. The molecule has 96 valence electrons. The van der Waals surface area contributed by atoms with Gasteiger partial charge < -0.3 is 10.8 Å². The summed E-state index contributed by atoms with van der Waals surface area (Å²) < 4.78 is 0. The van der Waals surface area contributed by atoms with E-state index in [0.717, 1.165) is 12.8 Å². The predicted octanol–water partition coefficient (Wildman–Crippen LogP) is 2.42. The number of carboxylic acids is 1. The minimum absolute atomic E-state index is 0.144. The normalized spacial score (nSPS) is 35.4. The van der Waals surface area contributed by atoms with Gasteiger partial charge in [-0.15, -0.1) is 0 Å². The molecule has 0 saturated heterocycles. The van der Waals surface area contributed by atoms with E-state index in [1.54, 1.807) is 0 Å². The van der Waals surface area contributed by atoms with Gasteiger partial charge in [0.1, 0.15) is 0 Å². The quantitative estimate of drug-likeness (QED) is 0.722. The van der Waals surface area contributed by atoms with Crippen molar-refractivity contribution in [2.45, 2.75) is 39.5 Å². The molecule has 3 atom stereocenters. The molecule has 3 nitrogen and oxygen atoms in total. The van der Waals surface area contributed by atoms with Crippen LogP contribution >= 0.6 is 0 Å². The zero-order valence-corrected chi connectivity index (χ0v) is 10.8. The zero-order valence-electron chi connectivity index (χ0n) is 10.8. The molecule has 0 heterocycles. The van der Waals surface area contributed by atoms with E-state index >= 15 is 0 Å². The summed E-state index contributed by atoms with van der Waals surface area (Å²) in [5.74, 6) is 1.08. The second kappa shape index (κ2) is 4.45. The average Bonchev–Trinajstić information content (AvgIpc) is 2.52. The highest BCUT2D eigenvalue weighted by Crippen LogP contribution is 2.59. The maximum atomic E-state index is 10.9. The lowest BCUT2D eigenvalue weighted by molar-refractivity contribution is -0.144. The SMILES string of the molecule is CC(C)CC1=C[C@H]2[C@H](C1)C[C@@]2(CN)CC(=O)O. The van der Waals surface area contributed by atoms with Gasteiger partial charge in [0, 0.05) is 0 Å². The highest BCUT2D eigenvalue weighted by molar-refractivity contribution is 5.68. The van der Waals surface area contributed by atoms with Crippen molar-refractivity contribution in [3.8, 4) is 0 Å². The fourth-order valence-electron chi connectivity index (χ4n) is 3.75. The lowest BCUT2D eigenvalue weighted by Crippen LogP contribution is -2.51. The van der Waals surface area contributed by atoms with Crippen LogP contribution in [0.3, 0.4) is 0 Å². The van der Waals surface area contributed by atoms with Crippen molar-refractivity contribution >= 4 is 5.97 Å². The van der Waals surface area contributed by atoms with Crippen LogP contribution < -0.4 is 5.73 Å². The lowest BCUT2D eigenvalue weighted by Gasteiger charge is -2.51. The maximum absolute atomic E-state index is 10.9. The summed E-state index contributed by atoms with van der Waals surface area (Å²) in [4.78, 5) is 10.9. The van der Waals surface area contributed by atoms with E-state index in [9.17, 15) is 4.79 Å². The molecule has 17 heavy (non-hydrogen) atoms. The topological polar surface area (TPSA) is 63.3 Å². The molecule has 2 aliphatic carbocycles. The van der Waals surface area contributed by atoms with Crippen LogP contribution in [0.5, 0.6) is 0 Å². The monoisotopic (exact) mass is 237 g/mol. The molecule has 0 bridgehead atoms. The average molecular weight is 237 g/mol. The molecule has 3 heteroatoms. The molecule has 2 aliphatic rings. The second-order valence-electron chi connectivity index (χ2n) is 6.25. The fourth-order valence-corrected chi connectivity index (χ4v) is 3.75.